The number of hydrogen-bond donors (Lipinski definition) is 0. The highest BCUT2D eigenvalue weighted by Crippen LogP contribution is 2.28. The molecule has 0 aliphatic rings. The second-order valence-corrected chi connectivity index (χ2v) is 5.02. The molecule has 0 aliphatic carbocycles. The van der Waals surface area contributed by atoms with E-state index in [2.05, 4.69) is 42.1 Å². The van der Waals surface area contributed by atoms with E-state index in [0.29, 0.717) is 0 Å². The van der Waals surface area contributed by atoms with E-state index in [4.69, 9.17) is 10.7 Å². The van der Waals surface area contributed by atoms with Gasteiger partial charge in [0.2, 0.25) is 0 Å². The van der Waals surface area contributed by atoms with Crippen molar-refractivity contribution in [1.82, 2.24) is 0 Å². The molecular formula is C11H17ClN2S. The first-order valence-electron chi connectivity index (χ1n) is 4.77. The zero-order chi connectivity index (χ0) is 11.4. The first kappa shape index (κ1) is 12.5. The van der Waals surface area contributed by atoms with Crippen LogP contribution in [0.25, 0.3) is 0 Å². The lowest BCUT2D eigenvalue weighted by atomic mass is 10.1. The number of anilines is 2. The maximum Gasteiger partial charge on any atom is 0.0423 e. The molecule has 0 heterocycles. The van der Waals surface area contributed by atoms with Gasteiger partial charge < -0.3 is 9.80 Å². The smallest absolute Gasteiger partial charge is 0.0423 e. The highest BCUT2D eigenvalue weighted by atomic mass is 35.7. The van der Waals surface area contributed by atoms with Crippen molar-refractivity contribution in [1.29, 1.82) is 0 Å². The van der Waals surface area contributed by atoms with Gasteiger partial charge in [0.05, 0.1) is 0 Å². The molecule has 0 saturated heterocycles. The minimum Gasteiger partial charge on any atom is -0.378 e. The van der Waals surface area contributed by atoms with Gasteiger partial charge in [-0.25, -0.2) is 0 Å². The van der Waals surface area contributed by atoms with E-state index in [0.717, 1.165) is 5.75 Å². The summed E-state index contributed by atoms with van der Waals surface area (Å²) in [7, 11) is 15.2. The third-order valence-corrected chi connectivity index (χ3v) is 3.02. The predicted octanol–water partition coefficient (Wildman–Crippen LogP) is 3.21. The lowest BCUT2D eigenvalue weighted by Crippen LogP contribution is -2.14. The molecule has 0 bridgehead atoms. The molecule has 0 amide bonds. The van der Waals surface area contributed by atoms with Gasteiger partial charge in [0, 0.05) is 45.3 Å². The van der Waals surface area contributed by atoms with Gasteiger partial charge in [-0.1, -0.05) is 17.0 Å². The fourth-order valence-corrected chi connectivity index (χ4v) is 2.14. The summed E-state index contributed by atoms with van der Waals surface area (Å²) in [5.41, 5.74) is 3.71. The molecule has 0 unspecified atom stereocenters. The Morgan fingerprint density at radius 1 is 1.13 bits per heavy atom. The quantitative estimate of drug-likeness (QED) is 0.803. The van der Waals surface area contributed by atoms with Crippen LogP contribution in [-0.4, -0.2) is 28.2 Å². The van der Waals surface area contributed by atoms with Crippen LogP contribution in [0.1, 0.15) is 5.56 Å². The summed E-state index contributed by atoms with van der Waals surface area (Å²) in [6.07, 6.45) is 0. The lowest BCUT2D eigenvalue weighted by molar-refractivity contribution is 1.09. The Bertz CT molecular complexity index is 326. The average molecular weight is 245 g/mol. The molecule has 0 aromatic heterocycles. The van der Waals surface area contributed by atoms with Crippen LogP contribution in [0.3, 0.4) is 0 Å². The molecule has 4 heteroatoms. The summed E-state index contributed by atoms with van der Waals surface area (Å²) in [5, 5.41) is 0. The van der Waals surface area contributed by atoms with Crippen LogP contribution in [0.2, 0.25) is 0 Å². The van der Waals surface area contributed by atoms with E-state index in [-0.39, 0.29) is 0 Å². The van der Waals surface area contributed by atoms with Crippen molar-refractivity contribution in [2.45, 2.75) is 5.75 Å². The Labute approximate surface area is 101 Å². The second-order valence-electron chi connectivity index (χ2n) is 3.86. The van der Waals surface area contributed by atoms with Crippen molar-refractivity contribution in [2.24, 2.45) is 0 Å². The molecule has 0 N–H and O–H groups in total. The molecule has 2 nitrogen and oxygen atoms in total. The minimum absolute atomic E-state index is 0.836. The summed E-state index contributed by atoms with van der Waals surface area (Å²) in [6, 6.07) is 6.44. The Kier molecular flexibility index (Phi) is 4.61. The first-order chi connectivity index (χ1) is 7.06. The number of benzene rings is 1. The average Bonchev–Trinajstić information content (AvgIpc) is 2.18. The molecular weight excluding hydrogens is 228 g/mol. The summed E-state index contributed by atoms with van der Waals surface area (Å²) < 4.78 is 0. The van der Waals surface area contributed by atoms with E-state index in [9.17, 15) is 0 Å². The second kappa shape index (κ2) is 5.52. The van der Waals surface area contributed by atoms with E-state index < -0.39 is 0 Å². The number of hydrogen-bond acceptors (Lipinski definition) is 3. The molecule has 0 fully saturated rings. The third-order valence-electron chi connectivity index (χ3n) is 2.28. The lowest BCUT2D eigenvalue weighted by Gasteiger charge is -2.21. The zero-order valence-corrected chi connectivity index (χ0v) is 11.2. The zero-order valence-electron chi connectivity index (χ0n) is 9.62. The summed E-state index contributed by atoms with van der Waals surface area (Å²) >= 11 is 0. The fraction of sp³-hybridized carbons (Fsp3) is 0.455. The Hall–Kier alpha value is -0.540. The van der Waals surface area contributed by atoms with E-state index in [1.807, 2.05) is 14.1 Å². The Morgan fingerprint density at radius 3 is 2.27 bits per heavy atom. The van der Waals surface area contributed by atoms with Crippen molar-refractivity contribution < 1.29 is 0 Å². The maximum atomic E-state index is 5.70. The Balaban J connectivity index is 3.09. The van der Waals surface area contributed by atoms with Gasteiger partial charge in [-0.05, 0) is 28.4 Å². The molecule has 0 atom stereocenters. The highest BCUT2D eigenvalue weighted by molar-refractivity contribution is 8.20. The van der Waals surface area contributed by atoms with Gasteiger partial charge in [0.15, 0.2) is 0 Å². The van der Waals surface area contributed by atoms with Crippen LogP contribution in [-0.2, 0) is 5.75 Å². The van der Waals surface area contributed by atoms with Crippen molar-refractivity contribution in [3.8, 4) is 0 Å². The standard InChI is InChI=1S/C11H17ClN2S/c1-13(2)10-6-5-9(8-15-12)11(7-10)14(3)4/h5-7H,8H2,1-4H3. The summed E-state index contributed by atoms with van der Waals surface area (Å²) in [5.74, 6) is 0.836. The van der Waals surface area contributed by atoms with Crippen LogP contribution >= 0.6 is 21.7 Å². The predicted molar refractivity (Wildman–Crippen MR) is 72.2 cm³/mol. The molecule has 0 radical (unpaired) electrons. The van der Waals surface area contributed by atoms with E-state index in [1.165, 1.54) is 27.9 Å². The van der Waals surface area contributed by atoms with Gasteiger partial charge in [0.25, 0.3) is 0 Å². The van der Waals surface area contributed by atoms with E-state index >= 15 is 0 Å². The van der Waals surface area contributed by atoms with Crippen molar-refractivity contribution in [2.75, 3.05) is 38.0 Å². The van der Waals surface area contributed by atoms with Crippen LogP contribution in [0.15, 0.2) is 18.2 Å². The molecule has 0 saturated carbocycles. The van der Waals surface area contributed by atoms with Crippen LogP contribution in [0, 0.1) is 0 Å². The Morgan fingerprint density at radius 2 is 1.80 bits per heavy atom. The SMILES string of the molecule is CN(C)c1ccc(CSCl)c(N(C)C)c1. The van der Waals surface area contributed by atoms with Crippen molar-refractivity contribution in [3.05, 3.63) is 23.8 Å². The van der Waals surface area contributed by atoms with Gasteiger partial charge >= 0.3 is 0 Å². The number of rotatable bonds is 4. The minimum atomic E-state index is 0.836. The van der Waals surface area contributed by atoms with Gasteiger partial charge in [-0.3, -0.25) is 0 Å². The molecule has 15 heavy (non-hydrogen) atoms. The molecule has 1 rings (SSSR count). The monoisotopic (exact) mass is 244 g/mol. The molecule has 0 spiro atoms. The van der Waals surface area contributed by atoms with Crippen LogP contribution in [0.5, 0.6) is 0 Å². The van der Waals surface area contributed by atoms with Crippen molar-refractivity contribution >= 4 is 33.0 Å². The van der Waals surface area contributed by atoms with Crippen molar-refractivity contribution in [3.63, 3.8) is 0 Å². The summed E-state index contributed by atoms with van der Waals surface area (Å²) in [4.78, 5) is 4.22. The molecule has 1 aromatic rings. The maximum absolute atomic E-state index is 5.70. The number of nitrogens with zero attached hydrogens (tertiary/aromatic N) is 2. The third kappa shape index (κ3) is 3.21. The molecule has 0 aliphatic heterocycles. The fourth-order valence-electron chi connectivity index (χ4n) is 1.43. The van der Waals surface area contributed by atoms with E-state index in [1.54, 1.807) is 0 Å². The van der Waals surface area contributed by atoms with Crippen LogP contribution < -0.4 is 9.80 Å². The summed E-state index contributed by atoms with van der Waals surface area (Å²) in [6.45, 7) is 0. The van der Waals surface area contributed by atoms with Gasteiger partial charge in [-0.2, -0.15) is 0 Å². The van der Waals surface area contributed by atoms with Gasteiger partial charge in [0.1, 0.15) is 0 Å². The first-order valence-corrected chi connectivity index (χ1v) is 6.58. The van der Waals surface area contributed by atoms with Gasteiger partial charge in [-0.15, -0.1) is 0 Å². The normalized spacial score (nSPS) is 10.2. The highest BCUT2D eigenvalue weighted by Gasteiger charge is 2.06. The topological polar surface area (TPSA) is 6.48 Å². The molecule has 1 aromatic carbocycles. The molecule has 84 valence electrons. The van der Waals surface area contributed by atoms with Crippen LogP contribution in [0.4, 0.5) is 11.4 Å². The largest absolute Gasteiger partial charge is 0.378 e. The number of halogens is 1.